The van der Waals surface area contributed by atoms with Crippen molar-refractivity contribution in [2.45, 2.75) is 32.1 Å². The Balaban J connectivity index is 1.59. The van der Waals surface area contributed by atoms with Crippen LogP contribution in [0.2, 0.25) is 0 Å². The first-order valence-corrected chi connectivity index (χ1v) is 7.02. The Kier molecular flexibility index (Phi) is 2.16. The van der Waals surface area contributed by atoms with Gasteiger partial charge in [-0.05, 0) is 55.2 Å². The molecule has 0 amide bonds. The molecule has 94 valence electrons. The molecule has 1 heterocycles. The summed E-state index contributed by atoms with van der Waals surface area (Å²) < 4.78 is 0. The van der Waals surface area contributed by atoms with Gasteiger partial charge in [-0.15, -0.1) is 0 Å². The lowest BCUT2D eigenvalue weighted by molar-refractivity contribution is 0.327. The molecule has 2 fully saturated rings. The first kappa shape index (κ1) is 10.4. The highest BCUT2D eigenvalue weighted by molar-refractivity contribution is 5.78. The minimum atomic E-state index is 0.803. The lowest BCUT2D eigenvalue weighted by Crippen LogP contribution is -2.13. The van der Waals surface area contributed by atoms with Gasteiger partial charge in [-0.2, -0.15) is 0 Å². The fraction of sp³-hybridized carbons (Fsp3) is 0.533. The number of nitrogens with two attached hydrogens (primary N) is 1. The second kappa shape index (κ2) is 3.74. The average molecular weight is 241 g/mol. The second-order valence-corrected chi connectivity index (χ2v) is 6.10. The Bertz CT molecular complexity index is 586. The van der Waals surface area contributed by atoms with E-state index in [1.165, 1.54) is 25.7 Å². The monoisotopic (exact) mass is 241 g/mol. The topological polar surface area (TPSA) is 54.7 Å². The van der Waals surface area contributed by atoms with E-state index >= 15 is 0 Å². The third-order valence-electron chi connectivity index (χ3n) is 4.90. The van der Waals surface area contributed by atoms with Gasteiger partial charge < -0.3 is 10.7 Å². The molecule has 3 N–H and O–H groups in total. The molecular formula is C15H19N3. The summed E-state index contributed by atoms with van der Waals surface area (Å²) >= 11 is 0. The minimum absolute atomic E-state index is 0.803. The van der Waals surface area contributed by atoms with Crippen molar-refractivity contribution in [1.29, 1.82) is 0 Å². The van der Waals surface area contributed by atoms with Crippen LogP contribution in [0.4, 0.5) is 5.69 Å². The molecule has 3 nitrogen and oxygen atoms in total. The van der Waals surface area contributed by atoms with E-state index in [4.69, 9.17) is 5.73 Å². The van der Waals surface area contributed by atoms with Gasteiger partial charge in [-0.3, -0.25) is 0 Å². The predicted octanol–water partition coefficient (Wildman–Crippen LogP) is 3.12. The molecule has 3 unspecified atom stereocenters. The van der Waals surface area contributed by atoms with Crippen molar-refractivity contribution in [2.24, 2.45) is 17.8 Å². The maximum atomic E-state index is 5.80. The number of nitrogens with one attached hydrogen (secondary N) is 1. The Morgan fingerprint density at radius 3 is 3.00 bits per heavy atom. The normalized spacial score (nSPS) is 30.3. The zero-order chi connectivity index (χ0) is 12.1. The van der Waals surface area contributed by atoms with Crippen LogP contribution in [-0.4, -0.2) is 9.97 Å². The zero-order valence-electron chi connectivity index (χ0n) is 10.5. The molecule has 4 rings (SSSR count). The van der Waals surface area contributed by atoms with E-state index < -0.39 is 0 Å². The summed E-state index contributed by atoms with van der Waals surface area (Å²) in [5.74, 6) is 3.99. The Morgan fingerprint density at radius 1 is 1.28 bits per heavy atom. The number of aromatic nitrogens is 2. The molecule has 1 aromatic heterocycles. The van der Waals surface area contributed by atoms with Gasteiger partial charge >= 0.3 is 0 Å². The Morgan fingerprint density at radius 2 is 2.22 bits per heavy atom. The van der Waals surface area contributed by atoms with Gasteiger partial charge in [0.15, 0.2) is 0 Å². The van der Waals surface area contributed by atoms with E-state index in [1.807, 2.05) is 18.2 Å². The molecule has 0 aliphatic heterocycles. The molecule has 2 aliphatic carbocycles. The third kappa shape index (κ3) is 1.61. The summed E-state index contributed by atoms with van der Waals surface area (Å²) in [5, 5.41) is 0. The summed E-state index contributed by atoms with van der Waals surface area (Å²) in [4.78, 5) is 8.12. The number of aromatic amines is 1. The van der Waals surface area contributed by atoms with Crippen LogP contribution in [0.15, 0.2) is 18.2 Å². The Hall–Kier alpha value is -1.51. The van der Waals surface area contributed by atoms with Crippen molar-refractivity contribution < 1.29 is 0 Å². The highest BCUT2D eigenvalue weighted by atomic mass is 14.9. The van der Waals surface area contributed by atoms with Gasteiger partial charge in [0.05, 0.1) is 11.0 Å². The van der Waals surface area contributed by atoms with Crippen LogP contribution < -0.4 is 5.73 Å². The van der Waals surface area contributed by atoms with E-state index in [1.54, 1.807) is 0 Å². The summed E-state index contributed by atoms with van der Waals surface area (Å²) in [6.45, 7) is 0. The van der Waals surface area contributed by atoms with Crippen LogP contribution in [0, 0.1) is 17.8 Å². The maximum Gasteiger partial charge on any atom is 0.107 e. The summed E-state index contributed by atoms with van der Waals surface area (Å²) in [6.07, 6.45) is 6.93. The SMILES string of the molecule is Nc1ccc2nc(CC3CC4CCC3C4)[nH]c2c1. The molecular weight excluding hydrogens is 222 g/mol. The van der Waals surface area contributed by atoms with Crippen LogP contribution in [0.5, 0.6) is 0 Å². The number of fused-ring (bicyclic) bond motifs is 3. The van der Waals surface area contributed by atoms with E-state index in [0.29, 0.717) is 0 Å². The van der Waals surface area contributed by atoms with E-state index in [0.717, 1.165) is 46.7 Å². The first-order chi connectivity index (χ1) is 8.78. The zero-order valence-corrected chi connectivity index (χ0v) is 10.5. The summed E-state index contributed by atoms with van der Waals surface area (Å²) in [5.41, 5.74) is 8.72. The van der Waals surface area contributed by atoms with E-state index in [2.05, 4.69) is 9.97 Å². The van der Waals surface area contributed by atoms with Crippen LogP contribution in [0.25, 0.3) is 11.0 Å². The number of hydrogen-bond acceptors (Lipinski definition) is 2. The molecule has 2 aromatic rings. The van der Waals surface area contributed by atoms with Crippen molar-refractivity contribution in [1.82, 2.24) is 9.97 Å². The molecule has 1 aromatic carbocycles. The highest BCUT2D eigenvalue weighted by Crippen LogP contribution is 2.49. The third-order valence-corrected chi connectivity index (χ3v) is 4.90. The molecule has 0 radical (unpaired) electrons. The number of hydrogen-bond donors (Lipinski definition) is 2. The first-order valence-electron chi connectivity index (χ1n) is 7.02. The number of rotatable bonds is 2. The fourth-order valence-electron chi connectivity index (χ4n) is 4.05. The van der Waals surface area contributed by atoms with Crippen molar-refractivity contribution in [3.8, 4) is 0 Å². The molecule has 0 saturated heterocycles. The maximum absolute atomic E-state index is 5.80. The van der Waals surface area contributed by atoms with Gasteiger partial charge in [0.25, 0.3) is 0 Å². The predicted molar refractivity (Wildman–Crippen MR) is 73.1 cm³/mol. The second-order valence-electron chi connectivity index (χ2n) is 6.10. The minimum Gasteiger partial charge on any atom is -0.399 e. The van der Waals surface area contributed by atoms with E-state index in [9.17, 15) is 0 Å². The molecule has 3 atom stereocenters. The number of benzene rings is 1. The van der Waals surface area contributed by atoms with Gasteiger partial charge in [0, 0.05) is 12.1 Å². The summed E-state index contributed by atoms with van der Waals surface area (Å²) in [6, 6.07) is 5.91. The number of anilines is 1. The van der Waals surface area contributed by atoms with Gasteiger partial charge in [-0.1, -0.05) is 6.42 Å². The molecule has 18 heavy (non-hydrogen) atoms. The van der Waals surface area contributed by atoms with Gasteiger partial charge in [0.1, 0.15) is 5.82 Å². The van der Waals surface area contributed by atoms with Gasteiger partial charge in [0.2, 0.25) is 0 Å². The van der Waals surface area contributed by atoms with Crippen molar-refractivity contribution in [2.75, 3.05) is 5.73 Å². The van der Waals surface area contributed by atoms with Crippen molar-refractivity contribution in [3.05, 3.63) is 24.0 Å². The number of imidazole rings is 1. The van der Waals surface area contributed by atoms with E-state index in [-0.39, 0.29) is 0 Å². The molecule has 2 saturated carbocycles. The lowest BCUT2D eigenvalue weighted by Gasteiger charge is -2.20. The molecule has 3 heteroatoms. The molecule has 2 bridgehead atoms. The van der Waals surface area contributed by atoms with Crippen molar-refractivity contribution >= 4 is 16.7 Å². The Labute approximate surface area is 107 Å². The van der Waals surface area contributed by atoms with Crippen LogP contribution in [0.1, 0.15) is 31.5 Å². The van der Waals surface area contributed by atoms with Crippen molar-refractivity contribution in [3.63, 3.8) is 0 Å². The quantitative estimate of drug-likeness (QED) is 0.794. The van der Waals surface area contributed by atoms with Crippen LogP contribution >= 0.6 is 0 Å². The smallest absolute Gasteiger partial charge is 0.107 e. The fourth-order valence-corrected chi connectivity index (χ4v) is 4.05. The summed E-state index contributed by atoms with van der Waals surface area (Å²) in [7, 11) is 0. The lowest BCUT2D eigenvalue weighted by atomic mass is 9.86. The molecule has 0 spiro atoms. The van der Waals surface area contributed by atoms with Crippen LogP contribution in [0.3, 0.4) is 0 Å². The van der Waals surface area contributed by atoms with Crippen LogP contribution in [-0.2, 0) is 6.42 Å². The molecule has 2 aliphatic rings. The van der Waals surface area contributed by atoms with Gasteiger partial charge in [-0.25, -0.2) is 4.98 Å². The average Bonchev–Trinajstić information content (AvgIpc) is 3.02. The largest absolute Gasteiger partial charge is 0.399 e. The standard InChI is InChI=1S/C15H19N3/c16-12-3-4-13-14(8-12)18-15(17-13)7-11-6-9-1-2-10(11)5-9/h3-4,8-11H,1-2,5-7,16H2,(H,17,18). The highest BCUT2D eigenvalue weighted by Gasteiger charge is 2.39. The number of nitrogen functional groups attached to an aromatic ring is 1. The number of H-pyrrole nitrogens is 1. The number of nitrogens with zero attached hydrogens (tertiary/aromatic N) is 1.